The molecule has 170 valence electrons. The Balaban J connectivity index is 2.35. The van der Waals surface area contributed by atoms with E-state index >= 15 is 0 Å². The minimum atomic E-state index is -3.75. The molecule has 1 amide bonds. The lowest BCUT2D eigenvalue weighted by molar-refractivity contribution is -0.122. The molecule has 0 aromatic heterocycles. The van der Waals surface area contributed by atoms with Gasteiger partial charge in [-0.2, -0.15) is 0 Å². The lowest BCUT2D eigenvalue weighted by atomic mass is 9.96. The molecule has 0 fully saturated rings. The molecular formula is C23H32N2O5S. The highest BCUT2D eigenvalue weighted by Gasteiger charge is 2.30. The topological polar surface area (TPSA) is 84.9 Å². The Kier molecular flexibility index (Phi) is 7.59. The largest absolute Gasteiger partial charge is 0.493 e. The third-order valence-corrected chi connectivity index (χ3v) is 6.66. The number of methoxy groups -OCH3 is 2. The normalized spacial score (nSPS) is 13.3. The van der Waals surface area contributed by atoms with Gasteiger partial charge in [0, 0.05) is 6.07 Å². The van der Waals surface area contributed by atoms with Crippen molar-refractivity contribution >= 4 is 21.6 Å². The predicted octanol–water partition coefficient (Wildman–Crippen LogP) is 3.66. The van der Waals surface area contributed by atoms with Crippen molar-refractivity contribution < 1.29 is 22.7 Å². The number of sulfonamides is 1. The van der Waals surface area contributed by atoms with Crippen LogP contribution in [0.1, 0.15) is 42.1 Å². The molecule has 0 saturated carbocycles. The van der Waals surface area contributed by atoms with Crippen molar-refractivity contribution in [1.82, 2.24) is 5.32 Å². The molecule has 0 heterocycles. The molecule has 0 unspecified atom stereocenters. The second kappa shape index (κ2) is 9.60. The van der Waals surface area contributed by atoms with Gasteiger partial charge in [0.05, 0.1) is 32.2 Å². The minimum absolute atomic E-state index is 0.277. The van der Waals surface area contributed by atoms with Crippen LogP contribution < -0.4 is 19.1 Å². The van der Waals surface area contributed by atoms with E-state index in [0.717, 1.165) is 27.3 Å². The molecule has 2 rings (SSSR count). The SMILES string of the molecule is COc1ccc(N([C@H](C)C(=O)N[C@@H](C)c2cc(C)c(C)cc2C)S(C)(=O)=O)cc1OC. The number of ether oxygens (including phenoxy) is 2. The molecule has 0 spiro atoms. The monoisotopic (exact) mass is 448 g/mol. The van der Waals surface area contributed by atoms with Gasteiger partial charge in [-0.15, -0.1) is 0 Å². The quantitative estimate of drug-likeness (QED) is 0.666. The fraction of sp³-hybridized carbons (Fsp3) is 0.435. The van der Waals surface area contributed by atoms with Crippen molar-refractivity contribution in [2.75, 3.05) is 24.8 Å². The van der Waals surface area contributed by atoms with E-state index in [0.29, 0.717) is 17.2 Å². The highest BCUT2D eigenvalue weighted by atomic mass is 32.2. The molecule has 0 aliphatic heterocycles. The Morgan fingerprint density at radius 1 is 0.935 bits per heavy atom. The highest BCUT2D eigenvalue weighted by Crippen LogP contribution is 2.33. The second-order valence-electron chi connectivity index (χ2n) is 7.80. The summed E-state index contributed by atoms with van der Waals surface area (Å²) < 4.78 is 36.8. The summed E-state index contributed by atoms with van der Waals surface area (Å²) in [5, 5.41) is 2.96. The van der Waals surface area contributed by atoms with Crippen molar-refractivity contribution in [3.05, 3.63) is 52.6 Å². The first kappa shape index (κ1) is 24.5. The van der Waals surface area contributed by atoms with E-state index in [1.807, 2.05) is 27.7 Å². The Morgan fingerprint density at radius 2 is 1.52 bits per heavy atom. The number of aryl methyl sites for hydroxylation is 3. The van der Waals surface area contributed by atoms with Gasteiger partial charge in [-0.3, -0.25) is 9.10 Å². The Hall–Kier alpha value is -2.74. The van der Waals surface area contributed by atoms with Crippen molar-refractivity contribution in [1.29, 1.82) is 0 Å². The third kappa shape index (κ3) is 5.50. The molecule has 0 bridgehead atoms. The summed E-state index contributed by atoms with van der Waals surface area (Å²) in [6.07, 6.45) is 1.07. The first-order valence-electron chi connectivity index (χ1n) is 10.00. The van der Waals surface area contributed by atoms with Crippen LogP contribution in [0.5, 0.6) is 11.5 Å². The van der Waals surface area contributed by atoms with Crippen molar-refractivity contribution in [3.63, 3.8) is 0 Å². The summed E-state index contributed by atoms with van der Waals surface area (Å²) in [5.41, 5.74) is 4.71. The number of nitrogens with one attached hydrogen (secondary N) is 1. The number of hydrogen-bond acceptors (Lipinski definition) is 5. The molecule has 2 aromatic carbocycles. The van der Waals surface area contributed by atoms with Crippen LogP contribution >= 0.6 is 0 Å². The van der Waals surface area contributed by atoms with Gasteiger partial charge in [-0.25, -0.2) is 8.42 Å². The minimum Gasteiger partial charge on any atom is -0.493 e. The van der Waals surface area contributed by atoms with Crippen molar-refractivity contribution in [2.24, 2.45) is 0 Å². The summed E-state index contributed by atoms with van der Waals surface area (Å²) in [4.78, 5) is 13.1. The highest BCUT2D eigenvalue weighted by molar-refractivity contribution is 7.92. The standard InChI is InChI=1S/C23H32N2O5S/c1-14-11-16(3)20(12-15(14)2)17(4)24-23(26)18(5)25(31(8,27)28)19-9-10-21(29-6)22(13-19)30-7/h9-13,17-18H,1-8H3,(H,24,26)/t17-,18+/m0/s1. The summed E-state index contributed by atoms with van der Waals surface area (Å²) in [5.74, 6) is 0.446. The van der Waals surface area contributed by atoms with Gasteiger partial charge >= 0.3 is 0 Å². The van der Waals surface area contributed by atoms with Crippen LogP contribution in [0.3, 0.4) is 0 Å². The van der Waals surface area contributed by atoms with Gasteiger partial charge < -0.3 is 14.8 Å². The lowest BCUT2D eigenvalue weighted by Crippen LogP contribution is -2.48. The molecule has 0 aliphatic carbocycles. The van der Waals surface area contributed by atoms with Gasteiger partial charge in [0.2, 0.25) is 15.9 Å². The zero-order valence-corrected chi connectivity index (χ0v) is 20.3. The zero-order valence-electron chi connectivity index (χ0n) is 19.4. The number of hydrogen-bond donors (Lipinski definition) is 1. The first-order chi connectivity index (χ1) is 14.4. The number of carbonyl (C=O) groups is 1. The van der Waals surface area contributed by atoms with Crippen molar-refractivity contribution in [2.45, 2.75) is 46.7 Å². The molecular weight excluding hydrogens is 416 g/mol. The van der Waals surface area contributed by atoms with E-state index in [1.54, 1.807) is 25.1 Å². The van der Waals surface area contributed by atoms with Crippen LogP contribution in [0.15, 0.2) is 30.3 Å². The second-order valence-corrected chi connectivity index (χ2v) is 9.66. The van der Waals surface area contributed by atoms with E-state index in [2.05, 4.69) is 17.4 Å². The van der Waals surface area contributed by atoms with Crippen LogP contribution in [0, 0.1) is 20.8 Å². The molecule has 2 atom stereocenters. The summed E-state index contributed by atoms with van der Waals surface area (Å²) >= 11 is 0. The average molecular weight is 449 g/mol. The summed E-state index contributed by atoms with van der Waals surface area (Å²) in [6.45, 7) is 9.53. The molecule has 0 saturated heterocycles. The van der Waals surface area contributed by atoms with Crippen LogP contribution in [0.25, 0.3) is 0 Å². The van der Waals surface area contributed by atoms with Crippen molar-refractivity contribution in [3.8, 4) is 11.5 Å². The molecule has 7 nitrogen and oxygen atoms in total. The van der Waals surface area contributed by atoms with Crippen LogP contribution in [0.4, 0.5) is 5.69 Å². The number of carbonyl (C=O) groups excluding carboxylic acids is 1. The van der Waals surface area contributed by atoms with Crippen LogP contribution in [0.2, 0.25) is 0 Å². The molecule has 8 heteroatoms. The number of anilines is 1. The summed E-state index contributed by atoms with van der Waals surface area (Å²) in [7, 11) is -0.785. The number of nitrogens with zero attached hydrogens (tertiary/aromatic N) is 1. The third-order valence-electron chi connectivity index (χ3n) is 5.42. The Labute approximate surface area is 185 Å². The zero-order chi connectivity index (χ0) is 23.5. The van der Waals surface area contributed by atoms with E-state index in [4.69, 9.17) is 9.47 Å². The smallest absolute Gasteiger partial charge is 0.244 e. The molecule has 31 heavy (non-hydrogen) atoms. The van der Waals surface area contributed by atoms with Gasteiger partial charge in [0.15, 0.2) is 11.5 Å². The van der Waals surface area contributed by atoms with Gasteiger partial charge in [0.1, 0.15) is 6.04 Å². The molecule has 0 aliphatic rings. The van der Waals surface area contributed by atoms with E-state index < -0.39 is 22.0 Å². The maximum Gasteiger partial charge on any atom is 0.244 e. The molecule has 1 N–H and O–H groups in total. The van der Waals surface area contributed by atoms with Crippen LogP contribution in [-0.2, 0) is 14.8 Å². The number of benzene rings is 2. The Morgan fingerprint density at radius 3 is 2.06 bits per heavy atom. The van der Waals surface area contributed by atoms with Gasteiger partial charge in [-0.05, 0) is 69.0 Å². The van der Waals surface area contributed by atoms with E-state index in [-0.39, 0.29) is 6.04 Å². The van der Waals surface area contributed by atoms with Gasteiger partial charge in [0.25, 0.3) is 0 Å². The predicted molar refractivity (Wildman–Crippen MR) is 124 cm³/mol. The maximum atomic E-state index is 13.1. The van der Waals surface area contributed by atoms with Crippen LogP contribution in [-0.4, -0.2) is 40.8 Å². The average Bonchev–Trinajstić information content (AvgIpc) is 2.69. The van der Waals surface area contributed by atoms with E-state index in [9.17, 15) is 13.2 Å². The van der Waals surface area contributed by atoms with E-state index in [1.165, 1.54) is 19.8 Å². The lowest BCUT2D eigenvalue weighted by Gasteiger charge is -2.30. The number of amides is 1. The first-order valence-corrected chi connectivity index (χ1v) is 11.8. The Bertz CT molecular complexity index is 1070. The van der Waals surface area contributed by atoms with Gasteiger partial charge in [-0.1, -0.05) is 12.1 Å². The number of rotatable bonds is 8. The molecule has 2 aromatic rings. The maximum absolute atomic E-state index is 13.1. The fourth-order valence-electron chi connectivity index (χ4n) is 3.63. The summed E-state index contributed by atoms with van der Waals surface area (Å²) in [6, 6.07) is 7.64. The molecule has 0 radical (unpaired) electrons. The fourth-order valence-corrected chi connectivity index (χ4v) is 4.80.